The molecule has 7 heteroatoms. The maximum absolute atomic E-state index is 13.7. The van der Waals surface area contributed by atoms with Crippen molar-refractivity contribution in [3.63, 3.8) is 0 Å². The van der Waals surface area contributed by atoms with Crippen molar-refractivity contribution in [2.24, 2.45) is 0 Å². The number of hydrogen-bond donors (Lipinski definition) is 1. The number of aromatic nitrogens is 2. The molecule has 0 aliphatic carbocycles. The number of hydrogen-bond acceptors (Lipinski definition) is 4. The second-order valence-corrected chi connectivity index (χ2v) is 4.66. The van der Waals surface area contributed by atoms with Gasteiger partial charge in [0.05, 0.1) is 35.2 Å². The number of nitrogens with one attached hydrogen (secondary N) is 1. The highest BCUT2D eigenvalue weighted by atomic mass is 19.1. The highest BCUT2D eigenvalue weighted by Crippen LogP contribution is 2.21. The van der Waals surface area contributed by atoms with Gasteiger partial charge in [-0.15, -0.1) is 0 Å². The van der Waals surface area contributed by atoms with E-state index in [2.05, 4.69) is 10.3 Å². The van der Waals surface area contributed by atoms with Crippen molar-refractivity contribution in [3.8, 4) is 0 Å². The average molecular weight is 278 g/mol. The van der Waals surface area contributed by atoms with Gasteiger partial charge in [0.2, 0.25) is 0 Å². The Balaban J connectivity index is 2.11. The molecule has 0 saturated carbocycles. The number of imidazole rings is 1. The van der Waals surface area contributed by atoms with E-state index < -0.39 is 10.7 Å². The molecule has 2 aromatic rings. The number of non-ortho nitro benzene ring substituents is 1. The lowest BCUT2D eigenvalue weighted by atomic mass is 10.2. The quantitative estimate of drug-likeness (QED) is 0.673. The molecule has 1 N–H and O–H groups in total. The first-order chi connectivity index (χ1) is 9.49. The molecule has 1 aromatic carbocycles. The van der Waals surface area contributed by atoms with E-state index in [0.29, 0.717) is 6.54 Å². The molecule has 0 unspecified atom stereocenters. The molecular weight excluding hydrogens is 263 g/mol. The molecule has 0 atom stereocenters. The Hall–Kier alpha value is -2.44. The Morgan fingerprint density at radius 3 is 2.85 bits per heavy atom. The first-order valence-electron chi connectivity index (χ1n) is 6.17. The van der Waals surface area contributed by atoms with Gasteiger partial charge in [0.15, 0.2) is 5.82 Å². The number of nitro benzene ring substituents is 1. The zero-order valence-electron chi connectivity index (χ0n) is 11.2. The van der Waals surface area contributed by atoms with E-state index >= 15 is 0 Å². The predicted octanol–water partition coefficient (Wildman–Crippen LogP) is 3.12. The van der Waals surface area contributed by atoms with Crippen LogP contribution in [-0.4, -0.2) is 14.5 Å². The second kappa shape index (κ2) is 5.68. The fourth-order valence-electron chi connectivity index (χ4n) is 1.88. The lowest BCUT2D eigenvalue weighted by molar-refractivity contribution is -0.385. The Morgan fingerprint density at radius 2 is 2.25 bits per heavy atom. The average Bonchev–Trinajstić information content (AvgIpc) is 2.85. The van der Waals surface area contributed by atoms with Gasteiger partial charge in [-0.3, -0.25) is 10.1 Å². The normalized spacial score (nSPS) is 10.8. The topological polar surface area (TPSA) is 73.0 Å². The van der Waals surface area contributed by atoms with Crippen LogP contribution in [0, 0.1) is 15.9 Å². The lowest BCUT2D eigenvalue weighted by Gasteiger charge is -2.13. The number of nitro groups is 1. The summed E-state index contributed by atoms with van der Waals surface area (Å²) >= 11 is 0. The fraction of sp³-hybridized carbons (Fsp3) is 0.308. The van der Waals surface area contributed by atoms with Gasteiger partial charge in [-0.2, -0.15) is 0 Å². The van der Waals surface area contributed by atoms with E-state index in [4.69, 9.17) is 0 Å². The van der Waals surface area contributed by atoms with Crippen LogP contribution in [0.15, 0.2) is 30.7 Å². The third kappa shape index (κ3) is 2.93. The Morgan fingerprint density at radius 1 is 1.50 bits per heavy atom. The lowest BCUT2D eigenvalue weighted by Crippen LogP contribution is -2.09. The number of anilines is 1. The maximum atomic E-state index is 13.7. The molecule has 1 aromatic heterocycles. The fourth-order valence-corrected chi connectivity index (χ4v) is 1.88. The molecule has 1 heterocycles. The molecule has 6 nitrogen and oxygen atoms in total. The number of rotatable bonds is 5. The molecule has 0 aliphatic rings. The van der Waals surface area contributed by atoms with Crippen LogP contribution in [0.3, 0.4) is 0 Å². The highest BCUT2D eigenvalue weighted by molar-refractivity contribution is 5.50. The minimum atomic E-state index is -0.644. The predicted molar refractivity (Wildman–Crippen MR) is 73.0 cm³/mol. The summed E-state index contributed by atoms with van der Waals surface area (Å²) in [5, 5.41) is 13.5. The van der Waals surface area contributed by atoms with Crippen molar-refractivity contribution in [2.45, 2.75) is 26.4 Å². The van der Waals surface area contributed by atoms with E-state index in [9.17, 15) is 14.5 Å². The van der Waals surface area contributed by atoms with Crippen molar-refractivity contribution >= 4 is 11.4 Å². The molecule has 0 amide bonds. The second-order valence-electron chi connectivity index (χ2n) is 4.66. The summed E-state index contributed by atoms with van der Waals surface area (Å²) in [4.78, 5) is 14.0. The first-order valence-corrected chi connectivity index (χ1v) is 6.17. The summed E-state index contributed by atoms with van der Waals surface area (Å²) in [6, 6.07) is 3.80. The molecule has 20 heavy (non-hydrogen) atoms. The molecule has 2 rings (SSSR count). The number of halogens is 1. The molecule has 0 fully saturated rings. The summed E-state index contributed by atoms with van der Waals surface area (Å²) in [6.07, 6.45) is 3.42. The maximum Gasteiger partial charge on any atom is 0.272 e. The van der Waals surface area contributed by atoms with Gasteiger partial charge in [-0.25, -0.2) is 9.37 Å². The van der Waals surface area contributed by atoms with Gasteiger partial charge in [-0.05, 0) is 19.9 Å². The van der Waals surface area contributed by atoms with Crippen molar-refractivity contribution < 1.29 is 9.31 Å². The van der Waals surface area contributed by atoms with Crippen LogP contribution < -0.4 is 5.32 Å². The summed E-state index contributed by atoms with van der Waals surface area (Å²) in [5.41, 5.74) is 0.880. The molecule has 106 valence electrons. The Labute approximate surface area is 115 Å². The van der Waals surface area contributed by atoms with Crippen molar-refractivity contribution in [1.29, 1.82) is 0 Å². The Bertz CT molecular complexity index is 625. The van der Waals surface area contributed by atoms with Crippen LogP contribution in [0.4, 0.5) is 15.8 Å². The van der Waals surface area contributed by atoms with Crippen LogP contribution in [-0.2, 0) is 6.54 Å². The van der Waals surface area contributed by atoms with Crippen LogP contribution >= 0.6 is 0 Å². The van der Waals surface area contributed by atoms with Crippen molar-refractivity contribution in [2.75, 3.05) is 5.32 Å². The third-order valence-corrected chi connectivity index (χ3v) is 2.93. The van der Waals surface area contributed by atoms with E-state index in [1.165, 1.54) is 12.1 Å². The van der Waals surface area contributed by atoms with Gasteiger partial charge in [0, 0.05) is 18.3 Å². The van der Waals surface area contributed by atoms with E-state index in [0.717, 1.165) is 11.8 Å². The van der Waals surface area contributed by atoms with Crippen LogP contribution in [0.2, 0.25) is 0 Å². The minimum absolute atomic E-state index is 0.229. The molecular formula is C13H15FN4O2. The van der Waals surface area contributed by atoms with Gasteiger partial charge in [-0.1, -0.05) is 0 Å². The summed E-state index contributed by atoms with van der Waals surface area (Å²) in [7, 11) is 0. The van der Waals surface area contributed by atoms with E-state index in [1.54, 1.807) is 12.5 Å². The number of benzene rings is 1. The largest absolute Gasteiger partial charge is 0.377 e. The molecule has 0 saturated heterocycles. The standard InChI is InChI=1S/C13H15FN4O2/c1-9(2)17-8-15-6-11(17)7-16-13-4-3-10(18(19)20)5-12(13)14/h3-6,8-9,16H,7H2,1-2H3. The van der Waals surface area contributed by atoms with Crippen molar-refractivity contribution in [3.05, 3.63) is 52.3 Å². The van der Waals surface area contributed by atoms with Gasteiger partial charge >= 0.3 is 0 Å². The molecule has 0 bridgehead atoms. The molecule has 0 spiro atoms. The van der Waals surface area contributed by atoms with Crippen molar-refractivity contribution in [1.82, 2.24) is 9.55 Å². The van der Waals surface area contributed by atoms with Gasteiger partial charge in [0.1, 0.15) is 0 Å². The Kier molecular flexibility index (Phi) is 3.97. The first kappa shape index (κ1) is 14.0. The monoisotopic (exact) mass is 278 g/mol. The van der Waals surface area contributed by atoms with Crippen LogP contribution in [0.25, 0.3) is 0 Å². The number of nitrogens with zero attached hydrogens (tertiary/aromatic N) is 3. The van der Waals surface area contributed by atoms with Gasteiger partial charge < -0.3 is 9.88 Å². The molecule has 0 aliphatic heterocycles. The SMILES string of the molecule is CC(C)n1cncc1CNc1ccc([N+](=O)[O-])cc1F. The van der Waals surface area contributed by atoms with E-state index in [1.807, 2.05) is 18.4 Å². The molecule has 0 radical (unpaired) electrons. The summed E-state index contributed by atoms with van der Waals surface area (Å²) in [6.45, 7) is 4.45. The zero-order chi connectivity index (χ0) is 14.7. The van der Waals surface area contributed by atoms with Crippen LogP contribution in [0.1, 0.15) is 25.6 Å². The smallest absolute Gasteiger partial charge is 0.272 e. The highest BCUT2D eigenvalue weighted by Gasteiger charge is 2.11. The minimum Gasteiger partial charge on any atom is -0.377 e. The third-order valence-electron chi connectivity index (χ3n) is 2.93. The van der Waals surface area contributed by atoms with Crippen LogP contribution in [0.5, 0.6) is 0 Å². The zero-order valence-corrected chi connectivity index (χ0v) is 11.2. The van der Waals surface area contributed by atoms with E-state index in [-0.39, 0.29) is 17.4 Å². The summed E-state index contributed by atoms with van der Waals surface area (Å²) in [5.74, 6) is -0.644. The van der Waals surface area contributed by atoms with Gasteiger partial charge in [0.25, 0.3) is 5.69 Å². The summed E-state index contributed by atoms with van der Waals surface area (Å²) < 4.78 is 15.7.